The number of benzene rings is 1. The third-order valence-electron chi connectivity index (χ3n) is 6.99. The van der Waals surface area contributed by atoms with Gasteiger partial charge in [-0.25, -0.2) is 0 Å². The van der Waals surface area contributed by atoms with Crippen LogP contribution < -0.4 is 4.90 Å². The summed E-state index contributed by atoms with van der Waals surface area (Å²) in [6.07, 6.45) is 13.2. The van der Waals surface area contributed by atoms with Gasteiger partial charge in [-0.3, -0.25) is 0 Å². The van der Waals surface area contributed by atoms with Crippen LogP contribution in [0.3, 0.4) is 0 Å². The second-order valence-electron chi connectivity index (χ2n) is 8.48. The molecule has 3 aliphatic rings. The molecule has 25 heavy (non-hydrogen) atoms. The van der Waals surface area contributed by atoms with E-state index in [0.717, 1.165) is 12.0 Å². The van der Waals surface area contributed by atoms with Crippen LogP contribution in [0, 0.1) is 12.8 Å². The summed E-state index contributed by atoms with van der Waals surface area (Å²) >= 11 is 0. The van der Waals surface area contributed by atoms with Crippen molar-refractivity contribution in [3.05, 3.63) is 41.2 Å². The van der Waals surface area contributed by atoms with Crippen molar-refractivity contribution in [2.75, 3.05) is 4.90 Å². The molecule has 1 unspecified atom stereocenters. The minimum atomic E-state index is 0.548. The molecule has 2 aliphatic carbocycles. The smallest absolute Gasteiger partial charge is 0.109 e. The average molecular weight is 339 g/mol. The molecule has 0 amide bonds. The van der Waals surface area contributed by atoms with Gasteiger partial charge in [0.25, 0.3) is 0 Å². The molecule has 2 heteroatoms. The fourth-order valence-electron chi connectivity index (χ4n) is 5.58. The average Bonchev–Trinajstić information content (AvgIpc) is 3.24. The number of rotatable bonds is 3. The highest BCUT2D eigenvalue weighted by atomic mass is 15.4. The lowest BCUT2D eigenvalue weighted by Gasteiger charge is -2.44. The molecule has 0 N–H and O–H groups in total. The minimum Gasteiger partial charge on any atom is -0.350 e. The highest BCUT2D eigenvalue weighted by Crippen LogP contribution is 2.45. The number of hydrogen-bond donors (Lipinski definition) is 0. The van der Waals surface area contributed by atoms with Crippen molar-refractivity contribution < 1.29 is 0 Å². The second kappa shape index (κ2) is 7.05. The van der Waals surface area contributed by atoms with Gasteiger partial charge in [-0.2, -0.15) is 0 Å². The van der Waals surface area contributed by atoms with Crippen molar-refractivity contribution in [2.45, 2.75) is 90.8 Å². The fraction of sp³-hybridized carbons (Fsp3) is 0.652. The van der Waals surface area contributed by atoms with Gasteiger partial charge >= 0.3 is 0 Å². The van der Waals surface area contributed by atoms with E-state index in [1.165, 1.54) is 80.4 Å². The lowest BCUT2D eigenvalue weighted by atomic mass is 9.91. The molecule has 136 valence electrons. The third-order valence-corrected chi connectivity index (χ3v) is 6.99. The van der Waals surface area contributed by atoms with E-state index in [1.807, 2.05) is 0 Å². The zero-order valence-corrected chi connectivity index (χ0v) is 16.3. The number of hydrogen-bond acceptors (Lipinski definition) is 2. The van der Waals surface area contributed by atoms with E-state index in [1.54, 1.807) is 0 Å². The first kappa shape index (κ1) is 17.0. The zero-order valence-electron chi connectivity index (χ0n) is 16.3. The second-order valence-corrected chi connectivity index (χ2v) is 8.48. The van der Waals surface area contributed by atoms with Gasteiger partial charge in [-0.05, 0) is 64.0 Å². The maximum atomic E-state index is 2.86. The summed E-state index contributed by atoms with van der Waals surface area (Å²) in [5.41, 5.74) is 5.85. The summed E-state index contributed by atoms with van der Waals surface area (Å²) in [4.78, 5) is 5.56. The first-order valence-electron chi connectivity index (χ1n) is 10.5. The highest BCUT2D eigenvalue weighted by Gasteiger charge is 2.44. The van der Waals surface area contributed by atoms with Crippen LogP contribution in [0.5, 0.6) is 0 Å². The maximum absolute atomic E-state index is 2.86. The SMILES string of the molecule is CC1=C(C)N(C2CCCCC2)C(C2CCCC2)N1c1ccccc1C. The Hall–Kier alpha value is -1.44. The Morgan fingerprint density at radius 1 is 0.760 bits per heavy atom. The Kier molecular flexibility index (Phi) is 4.80. The van der Waals surface area contributed by atoms with Crippen molar-refractivity contribution in [3.8, 4) is 0 Å². The van der Waals surface area contributed by atoms with Crippen LogP contribution in [-0.4, -0.2) is 17.1 Å². The first-order chi connectivity index (χ1) is 12.2. The van der Waals surface area contributed by atoms with E-state index < -0.39 is 0 Å². The Bertz CT molecular complexity index is 635. The largest absolute Gasteiger partial charge is 0.350 e. The topological polar surface area (TPSA) is 6.48 Å². The lowest BCUT2D eigenvalue weighted by molar-refractivity contribution is 0.125. The monoisotopic (exact) mass is 338 g/mol. The maximum Gasteiger partial charge on any atom is 0.109 e. The molecule has 1 aliphatic heterocycles. The van der Waals surface area contributed by atoms with Crippen LogP contribution >= 0.6 is 0 Å². The van der Waals surface area contributed by atoms with Gasteiger partial charge in [-0.1, -0.05) is 50.3 Å². The molecule has 1 heterocycles. The zero-order chi connectivity index (χ0) is 17.4. The van der Waals surface area contributed by atoms with E-state index >= 15 is 0 Å². The predicted octanol–water partition coefficient (Wildman–Crippen LogP) is 6.22. The highest BCUT2D eigenvalue weighted by molar-refractivity contribution is 5.60. The first-order valence-corrected chi connectivity index (χ1v) is 10.5. The summed E-state index contributed by atoms with van der Waals surface area (Å²) < 4.78 is 0. The molecule has 4 rings (SSSR count). The van der Waals surface area contributed by atoms with Gasteiger partial charge in [0, 0.05) is 23.1 Å². The summed E-state index contributed by atoms with van der Waals surface area (Å²) in [5.74, 6) is 0.814. The van der Waals surface area contributed by atoms with Crippen molar-refractivity contribution in [1.82, 2.24) is 4.90 Å². The molecule has 1 aromatic carbocycles. The van der Waals surface area contributed by atoms with E-state index in [0.29, 0.717) is 6.17 Å². The van der Waals surface area contributed by atoms with E-state index in [-0.39, 0.29) is 0 Å². The fourth-order valence-corrected chi connectivity index (χ4v) is 5.58. The molecule has 0 spiro atoms. The Labute approximate surface area is 153 Å². The molecule has 0 radical (unpaired) electrons. The van der Waals surface area contributed by atoms with Crippen LogP contribution in [0.25, 0.3) is 0 Å². The number of allylic oxidation sites excluding steroid dienone is 2. The standard InChI is InChI=1S/C23H34N2/c1-17-11-7-10-16-22(17)25-19(3)18(2)24(21-14-5-4-6-15-21)23(25)20-12-8-9-13-20/h7,10-11,16,20-21,23H,4-6,8-9,12-15H2,1-3H3. The van der Waals surface area contributed by atoms with Crippen LogP contribution in [0.2, 0.25) is 0 Å². The number of anilines is 1. The molecule has 1 aromatic rings. The van der Waals surface area contributed by atoms with Crippen molar-refractivity contribution in [3.63, 3.8) is 0 Å². The molecule has 0 bridgehead atoms. The summed E-state index contributed by atoms with van der Waals surface area (Å²) in [6.45, 7) is 7.00. The van der Waals surface area contributed by atoms with Gasteiger partial charge in [0.05, 0.1) is 0 Å². The van der Waals surface area contributed by atoms with E-state index in [4.69, 9.17) is 0 Å². The Morgan fingerprint density at radius 3 is 2.08 bits per heavy atom. The molecule has 0 aromatic heterocycles. The third kappa shape index (κ3) is 2.98. The molecular formula is C23H34N2. The van der Waals surface area contributed by atoms with Gasteiger partial charge in [0.15, 0.2) is 0 Å². The van der Waals surface area contributed by atoms with Crippen molar-refractivity contribution in [1.29, 1.82) is 0 Å². The van der Waals surface area contributed by atoms with Gasteiger partial charge in [-0.15, -0.1) is 0 Å². The lowest BCUT2D eigenvalue weighted by Crippen LogP contribution is -2.50. The Balaban J connectivity index is 1.75. The van der Waals surface area contributed by atoms with Gasteiger partial charge in [0.1, 0.15) is 6.17 Å². The van der Waals surface area contributed by atoms with Crippen LogP contribution in [0.4, 0.5) is 5.69 Å². The molecule has 1 atom stereocenters. The minimum absolute atomic E-state index is 0.548. The van der Waals surface area contributed by atoms with Gasteiger partial charge in [0.2, 0.25) is 0 Å². The van der Waals surface area contributed by atoms with Crippen molar-refractivity contribution in [2.24, 2.45) is 5.92 Å². The van der Waals surface area contributed by atoms with E-state index in [2.05, 4.69) is 54.8 Å². The Morgan fingerprint density at radius 2 is 1.40 bits per heavy atom. The molecule has 2 saturated carbocycles. The van der Waals surface area contributed by atoms with Gasteiger partial charge < -0.3 is 9.80 Å². The van der Waals surface area contributed by atoms with Crippen LogP contribution in [0.15, 0.2) is 35.7 Å². The number of para-hydroxylation sites is 1. The van der Waals surface area contributed by atoms with Crippen LogP contribution in [-0.2, 0) is 0 Å². The number of nitrogens with zero attached hydrogens (tertiary/aromatic N) is 2. The summed E-state index contributed by atoms with van der Waals surface area (Å²) in [6, 6.07) is 9.73. The summed E-state index contributed by atoms with van der Waals surface area (Å²) in [5, 5.41) is 0. The van der Waals surface area contributed by atoms with Crippen molar-refractivity contribution >= 4 is 5.69 Å². The van der Waals surface area contributed by atoms with E-state index in [9.17, 15) is 0 Å². The molecule has 2 nitrogen and oxygen atoms in total. The molecular weight excluding hydrogens is 304 g/mol. The summed E-state index contributed by atoms with van der Waals surface area (Å²) in [7, 11) is 0. The number of aryl methyl sites for hydroxylation is 1. The predicted molar refractivity (Wildman–Crippen MR) is 106 cm³/mol. The molecule has 2 fully saturated rings. The van der Waals surface area contributed by atoms with Crippen LogP contribution in [0.1, 0.15) is 77.2 Å². The quantitative estimate of drug-likeness (QED) is 0.645. The normalized spacial score (nSPS) is 26.1. The molecule has 0 saturated heterocycles.